The van der Waals surface area contributed by atoms with Gasteiger partial charge in [-0.2, -0.15) is 0 Å². The fraction of sp³-hybridized carbons (Fsp3) is 0.0667. The Morgan fingerprint density at radius 3 is 2.77 bits per heavy atom. The van der Waals surface area contributed by atoms with Gasteiger partial charge in [0.25, 0.3) is 5.56 Å². The van der Waals surface area contributed by atoms with Crippen molar-refractivity contribution in [3.8, 4) is 0 Å². The zero-order valence-electron chi connectivity index (χ0n) is 11.4. The van der Waals surface area contributed by atoms with Crippen molar-refractivity contribution in [3.63, 3.8) is 0 Å². The van der Waals surface area contributed by atoms with Crippen LogP contribution in [0.15, 0.2) is 43.5 Å². The Hall–Kier alpha value is -1.70. The highest BCUT2D eigenvalue weighted by Crippen LogP contribution is 2.22. The predicted molar refractivity (Wildman–Crippen MR) is 91.9 cm³/mol. The number of furan rings is 1. The van der Waals surface area contributed by atoms with Crippen LogP contribution in [-0.4, -0.2) is 10.4 Å². The van der Waals surface area contributed by atoms with Crippen LogP contribution in [0.4, 0.5) is 0 Å². The van der Waals surface area contributed by atoms with Gasteiger partial charge in [-0.15, -0.1) is 22.7 Å². The summed E-state index contributed by atoms with van der Waals surface area (Å²) in [5.74, 6) is 0.000772. The average molecular weight is 396 g/mol. The molecule has 0 N–H and O–H groups in total. The van der Waals surface area contributed by atoms with Gasteiger partial charge < -0.3 is 8.98 Å². The lowest BCUT2D eigenvalue weighted by Gasteiger charge is -1.89. The molecule has 0 unspecified atom stereocenters. The highest BCUT2D eigenvalue weighted by atomic mass is 79.9. The van der Waals surface area contributed by atoms with Crippen LogP contribution in [0.1, 0.15) is 15.4 Å². The molecule has 0 bridgehead atoms. The smallest absolute Gasteiger partial charge is 0.268 e. The summed E-state index contributed by atoms with van der Waals surface area (Å²) in [5, 5.41) is 0. The maximum atomic E-state index is 12.2. The molecular weight excluding hydrogens is 386 g/mol. The van der Waals surface area contributed by atoms with Crippen LogP contribution in [0.3, 0.4) is 0 Å². The van der Waals surface area contributed by atoms with E-state index >= 15 is 0 Å². The van der Waals surface area contributed by atoms with Crippen molar-refractivity contribution < 1.29 is 9.21 Å². The third-order valence-corrected chi connectivity index (χ3v) is 5.63. The molecule has 0 aliphatic rings. The van der Waals surface area contributed by atoms with Crippen molar-refractivity contribution in [2.24, 2.45) is 7.05 Å². The van der Waals surface area contributed by atoms with Gasteiger partial charge >= 0.3 is 0 Å². The standard InChI is InChI=1S/C15H10BrNO3S2/c1-17-14(8-10(18)11-3-2-6-20-11)22-12(15(17)19)7-9-4-5-13(16)21-9/h2-8H,1H3/b12-7-,14-8-. The lowest BCUT2D eigenvalue weighted by atomic mass is 10.3. The van der Waals surface area contributed by atoms with Crippen molar-refractivity contribution in [2.45, 2.75) is 0 Å². The molecule has 4 nitrogen and oxygen atoms in total. The molecule has 3 aromatic heterocycles. The van der Waals surface area contributed by atoms with Crippen LogP contribution in [0, 0.1) is 0 Å². The van der Waals surface area contributed by atoms with Gasteiger partial charge in [0, 0.05) is 18.0 Å². The van der Waals surface area contributed by atoms with E-state index in [-0.39, 0.29) is 17.1 Å². The highest BCUT2D eigenvalue weighted by Gasteiger charge is 2.07. The molecule has 0 saturated carbocycles. The van der Waals surface area contributed by atoms with E-state index in [0.717, 1.165) is 8.66 Å². The second-order valence-corrected chi connectivity index (χ2v) is 8.00. The summed E-state index contributed by atoms with van der Waals surface area (Å²) in [4.78, 5) is 25.3. The van der Waals surface area contributed by atoms with Crippen LogP contribution < -0.4 is 14.8 Å². The third kappa shape index (κ3) is 3.06. The number of aromatic nitrogens is 1. The van der Waals surface area contributed by atoms with E-state index in [0.29, 0.717) is 9.20 Å². The van der Waals surface area contributed by atoms with E-state index in [1.54, 1.807) is 30.5 Å². The van der Waals surface area contributed by atoms with Gasteiger partial charge in [-0.3, -0.25) is 9.59 Å². The van der Waals surface area contributed by atoms with E-state index in [1.165, 1.54) is 28.2 Å². The molecule has 3 rings (SSSR count). The number of rotatable bonds is 3. The lowest BCUT2D eigenvalue weighted by molar-refractivity contribution is 0.103. The number of carbonyl (C=O) groups is 1. The number of nitrogens with zero attached hydrogens (tertiary/aromatic N) is 1. The van der Waals surface area contributed by atoms with Gasteiger partial charge in [0.05, 0.1) is 14.6 Å². The number of hydrogen-bond donors (Lipinski definition) is 0. The van der Waals surface area contributed by atoms with Crippen molar-refractivity contribution in [1.82, 2.24) is 4.57 Å². The molecule has 0 aromatic carbocycles. The number of ketones is 1. The fourth-order valence-corrected chi connectivity index (χ4v) is 4.31. The van der Waals surface area contributed by atoms with Crippen molar-refractivity contribution >= 4 is 56.5 Å². The predicted octanol–water partition coefficient (Wildman–Crippen LogP) is 2.36. The number of halogens is 1. The van der Waals surface area contributed by atoms with Gasteiger partial charge in [0.1, 0.15) is 4.66 Å². The van der Waals surface area contributed by atoms with Crippen LogP contribution >= 0.6 is 38.6 Å². The second kappa shape index (κ2) is 6.20. The Morgan fingerprint density at radius 1 is 1.32 bits per heavy atom. The molecular formula is C15H10BrNO3S2. The number of Topliss-reactive ketones (excluding diaryl/α,β-unsaturated/α-hetero) is 1. The highest BCUT2D eigenvalue weighted by molar-refractivity contribution is 9.11. The maximum absolute atomic E-state index is 12.2. The average Bonchev–Trinajstić information content (AvgIpc) is 3.19. The van der Waals surface area contributed by atoms with Crippen molar-refractivity contribution in [2.75, 3.05) is 0 Å². The van der Waals surface area contributed by atoms with Crippen LogP contribution in [0.5, 0.6) is 0 Å². The first-order valence-corrected chi connectivity index (χ1v) is 8.69. The van der Waals surface area contributed by atoms with Gasteiger partial charge in [-0.1, -0.05) is 0 Å². The van der Waals surface area contributed by atoms with Crippen LogP contribution in [-0.2, 0) is 7.05 Å². The zero-order chi connectivity index (χ0) is 15.7. The lowest BCUT2D eigenvalue weighted by Crippen LogP contribution is -2.28. The van der Waals surface area contributed by atoms with E-state index < -0.39 is 0 Å². The molecule has 0 amide bonds. The first kappa shape index (κ1) is 15.2. The first-order valence-electron chi connectivity index (χ1n) is 6.27. The Labute approximate surface area is 141 Å². The monoisotopic (exact) mass is 395 g/mol. The molecule has 112 valence electrons. The number of hydrogen-bond acceptors (Lipinski definition) is 5. The minimum Gasteiger partial charge on any atom is -0.461 e. The van der Waals surface area contributed by atoms with Gasteiger partial charge in [-0.25, -0.2) is 0 Å². The Balaban J connectivity index is 2.08. The summed E-state index contributed by atoms with van der Waals surface area (Å²) in [6.45, 7) is 0. The summed E-state index contributed by atoms with van der Waals surface area (Å²) in [6, 6.07) is 7.12. The summed E-state index contributed by atoms with van der Waals surface area (Å²) >= 11 is 6.23. The fourth-order valence-electron chi connectivity index (χ4n) is 1.84. The molecule has 0 aliphatic heterocycles. The summed E-state index contributed by atoms with van der Waals surface area (Å²) < 4.78 is 8.73. The molecule has 0 saturated heterocycles. The molecule has 3 heterocycles. The largest absolute Gasteiger partial charge is 0.461 e. The molecule has 0 aliphatic carbocycles. The number of thiophene rings is 1. The maximum Gasteiger partial charge on any atom is 0.268 e. The Kier molecular flexibility index (Phi) is 4.28. The van der Waals surface area contributed by atoms with Crippen molar-refractivity contribution in [1.29, 1.82) is 0 Å². The Bertz CT molecular complexity index is 993. The second-order valence-electron chi connectivity index (χ2n) is 4.44. The minimum atomic E-state index is -0.257. The normalized spacial score (nSPS) is 13.0. The summed E-state index contributed by atoms with van der Waals surface area (Å²) in [5.41, 5.74) is -0.118. The topological polar surface area (TPSA) is 52.2 Å². The van der Waals surface area contributed by atoms with Gasteiger partial charge in [0.15, 0.2) is 5.76 Å². The number of thiazole rings is 1. The van der Waals surface area contributed by atoms with Gasteiger partial charge in [0.2, 0.25) is 5.78 Å². The first-order chi connectivity index (χ1) is 10.5. The molecule has 0 spiro atoms. The van der Waals surface area contributed by atoms with E-state index in [9.17, 15) is 9.59 Å². The van der Waals surface area contributed by atoms with E-state index in [4.69, 9.17) is 4.42 Å². The Morgan fingerprint density at radius 2 is 2.14 bits per heavy atom. The van der Waals surface area contributed by atoms with Gasteiger partial charge in [-0.05, 0) is 46.3 Å². The quantitative estimate of drug-likeness (QED) is 0.639. The molecule has 3 aromatic rings. The zero-order valence-corrected chi connectivity index (χ0v) is 14.6. The van der Waals surface area contributed by atoms with Crippen molar-refractivity contribution in [3.05, 3.63) is 64.5 Å². The third-order valence-electron chi connectivity index (χ3n) is 2.95. The van der Waals surface area contributed by atoms with E-state index in [2.05, 4.69) is 15.9 Å². The summed E-state index contributed by atoms with van der Waals surface area (Å²) in [6.07, 6.45) is 4.70. The molecule has 0 atom stereocenters. The molecule has 7 heteroatoms. The summed E-state index contributed by atoms with van der Waals surface area (Å²) in [7, 11) is 1.65. The number of carbonyl (C=O) groups excluding carboxylic acids is 1. The van der Waals surface area contributed by atoms with E-state index in [1.807, 2.05) is 18.2 Å². The molecule has 0 fully saturated rings. The van der Waals surface area contributed by atoms with Crippen LogP contribution in [0.2, 0.25) is 0 Å². The molecule has 22 heavy (non-hydrogen) atoms. The SMILES string of the molecule is Cn1c(=O)/c(=C/c2ccc(Br)s2)s/c1=C\C(=O)c1ccco1. The minimum absolute atomic E-state index is 0.118. The molecule has 0 radical (unpaired) electrons. The van der Waals surface area contributed by atoms with Crippen LogP contribution in [0.25, 0.3) is 12.2 Å².